The lowest BCUT2D eigenvalue weighted by molar-refractivity contribution is 0.168. The van der Waals surface area contributed by atoms with Crippen molar-refractivity contribution in [1.29, 1.82) is 0 Å². The summed E-state index contributed by atoms with van der Waals surface area (Å²) in [5.41, 5.74) is 2.55. The van der Waals surface area contributed by atoms with E-state index in [1.54, 1.807) is 19.2 Å². The molecule has 0 radical (unpaired) electrons. The number of rotatable bonds is 3. The van der Waals surface area contributed by atoms with Crippen molar-refractivity contribution >= 4 is 11.8 Å². The maximum absolute atomic E-state index is 11.3. The molecule has 1 aromatic carbocycles. The highest BCUT2D eigenvalue weighted by molar-refractivity contribution is 5.85. The summed E-state index contributed by atoms with van der Waals surface area (Å²) in [5.74, 6) is 0. The molecular weight excluding hydrogens is 218 g/mol. The maximum Gasteiger partial charge on any atom is 0.411 e. The van der Waals surface area contributed by atoms with Crippen molar-refractivity contribution in [2.75, 3.05) is 11.9 Å². The molecule has 2 N–H and O–H groups in total. The van der Waals surface area contributed by atoms with Gasteiger partial charge in [0.05, 0.1) is 12.3 Å². The molecule has 1 heterocycles. The van der Waals surface area contributed by atoms with Crippen LogP contribution in [0.4, 0.5) is 10.5 Å². The lowest BCUT2D eigenvalue weighted by Gasteiger charge is -2.06. The molecule has 0 fully saturated rings. The Kier molecular flexibility index (Phi) is 3.40. The van der Waals surface area contributed by atoms with Crippen LogP contribution in [0.15, 0.2) is 36.5 Å². The Bertz CT molecular complexity index is 494. The first kappa shape index (κ1) is 11.2. The van der Waals surface area contributed by atoms with Crippen molar-refractivity contribution in [2.45, 2.75) is 6.92 Å². The third-order valence-electron chi connectivity index (χ3n) is 2.20. The zero-order valence-corrected chi connectivity index (χ0v) is 9.43. The molecule has 0 spiro atoms. The molecular formula is C12H13N3O2. The number of benzene rings is 1. The summed E-state index contributed by atoms with van der Waals surface area (Å²) < 4.78 is 4.81. The van der Waals surface area contributed by atoms with Gasteiger partial charge in [0.2, 0.25) is 0 Å². The maximum atomic E-state index is 11.3. The number of aromatic amines is 1. The molecule has 1 amide bonds. The zero-order valence-electron chi connectivity index (χ0n) is 9.43. The number of hydrogen-bond donors (Lipinski definition) is 2. The van der Waals surface area contributed by atoms with Gasteiger partial charge in [0.15, 0.2) is 0 Å². The molecule has 17 heavy (non-hydrogen) atoms. The van der Waals surface area contributed by atoms with Crippen molar-refractivity contribution in [2.24, 2.45) is 0 Å². The average Bonchev–Trinajstić information content (AvgIpc) is 2.83. The van der Waals surface area contributed by atoms with Gasteiger partial charge in [0.25, 0.3) is 0 Å². The van der Waals surface area contributed by atoms with Gasteiger partial charge in [-0.15, -0.1) is 0 Å². The lowest BCUT2D eigenvalue weighted by atomic mass is 10.1. The topological polar surface area (TPSA) is 67.0 Å². The number of carbonyl (C=O) groups is 1. The molecule has 2 aromatic rings. The molecule has 0 atom stereocenters. The Morgan fingerprint density at radius 3 is 3.06 bits per heavy atom. The fourth-order valence-electron chi connectivity index (χ4n) is 1.47. The highest BCUT2D eigenvalue weighted by Crippen LogP contribution is 2.20. The third kappa shape index (κ3) is 2.84. The standard InChI is InChI=1S/C12H13N3O2/c1-2-17-12(16)14-10-5-3-4-9(8-10)11-6-7-13-15-11/h3-8H,2H2,1H3,(H,13,15)(H,14,16). The van der Waals surface area contributed by atoms with Crippen LogP contribution in [0.3, 0.4) is 0 Å². The minimum Gasteiger partial charge on any atom is -0.450 e. The Morgan fingerprint density at radius 2 is 2.35 bits per heavy atom. The van der Waals surface area contributed by atoms with E-state index in [4.69, 9.17) is 4.74 Å². The number of ether oxygens (including phenoxy) is 1. The minimum atomic E-state index is -0.450. The quantitative estimate of drug-likeness (QED) is 0.853. The molecule has 0 unspecified atom stereocenters. The van der Waals surface area contributed by atoms with E-state index in [0.29, 0.717) is 12.3 Å². The molecule has 5 nitrogen and oxygen atoms in total. The van der Waals surface area contributed by atoms with Crippen LogP contribution in [0.2, 0.25) is 0 Å². The molecule has 0 aliphatic rings. The first-order chi connectivity index (χ1) is 8.29. The second kappa shape index (κ2) is 5.16. The Morgan fingerprint density at radius 1 is 1.47 bits per heavy atom. The van der Waals surface area contributed by atoms with Crippen molar-refractivity contribution < 1.29 is 9.53 Å². The molecule has 1 aromatic heterocycles. The van der Waals surface area contributed by atoms with Gasteiger partial charge in [0.1, 0.15) is 0 Å². The predicted molar refractivity (Wildman–Crippen MR) is 64.7 cm³/mol. The van der Waals surface area contributed by atoms with Crippen molar-refractivity contribution in [3.8, 4) is 11.3 Å². The van der Waals surface area contributed by atoms with Crippen LogP contribution in [0.25, 0.3) is 11.3 Å². The van der Waals surface area contributed by atoms with E-state index in [2.05, 4.69) is 15.5 Å². The summed E-state index contributed by atoms with van der Waals surface area (Å²) in [6.07, 6.45) is 1.23. The summed E-state index contributed by atoms with van der Waals surface area (Å²) in [5, 5.41) is 9.40. The smallest absolute Gasteiger partial charge is 0.411 e. The molecule has 5 heteroatoms. The van der Waals surface area contributed by atoms with Crippen LogP contribution in [0.1, 0.15) is 6.92 Å². The van der Waals surface area contributed by atoms with Crippen molar-refractivity contribution in [3.05, 3.63) is 36.5 Å². The summed E-state index contributed by atoms with van der Waals surface area (Å²) >= 11 is 0. The number of hydrogen-bond acceptors (Lipinski definition) is 3. The Labute approximate surface area is 98.8 Å². The van der Waals surface area contributed by atoms with Crippen LogP contribution >= 0.6 is 0 Å². The number of carbonyl (C=O) groups excluding carboxylic acids is 1. The van der Waals surface area contributed by atoms with Gasteiger partial charge in [0, 0.05) is 17.4 Å². The van der Waals surface area contributed by atoms with Gasteiger partial charge in [-0.2, -0.15) is 5.10 Å². The minimum absolute atomic E-state index is 0.353. The van der Waals surface area contributed by atoms with Gasteiger partial charge in [-0.25, -0.2) is 4.79 Å². The highest BCUT2D eigenvalue weighted by Gasteiger charge is 2.04. The molecule has 0 bridgehead atoms. The molecule has 2 rings (SSSR count). The summed E-state index contributed by atoms with van der Waals surface area (Å²) in [4.78, 5) is 11.3. The average molecular weight is 231 g/mol. The molecule has 0 aliphatic heterocycles. The van der Waals surface area contributed by atoms with Crippen LogP contribution in [-0.4, -0.2) is 22.9 Å². The monoisotopic (exact) mass is 231 g/mol. The van der Waals surface area contributed by atoms with Gasteiger partial charge < -0.3 is 4.74 Å². The van der Waals surface area contributed by atoms with Crippen molar-refractivity contribution in [3.63, 3.8) is 0 Å². The second-order valence-electron chi connectivity index (χ2n) is 3.40. The van der Waals surface area contributed by atoms with Gasteiger partial charge >= 0.3 is 6.09 Å². The van der Waals surface area contributed by atoms with E-state index in [0.717, 1.165) is 11.3 Å². The second-order valence-corrected chi connectivity index (χ2v) is 3.40. The highest BCUT2D eigenvalue weighted by atomic mass is 16.5. The molecule has 0 saturated heterocycles. The van der Waals surface area contributed by atoms with E-state index in [1.807, 2.05) is 24.3 Å². The van der Waals surface area contributed by atoms with E-state index < -0.39 is 6.09 Å². The van der Waals surface area contributed by atoms with Crippen LogP contribution < -0.4 is 5.32 Å². The third-order valence-corrected chi connectivity index (χ3v) is 2.20. The number of nitrogens with zero attached hydrogens (tertiary/aromatic N) is 1. The van der Waals surface area contributed by atoms with E-state index in [9.17, 15) is 4.79 Å². The van der Waals surface area contributed by atoms with Gasteiger partial charge in [-0.1, -0.05) is 12.1 Å². The number of aromatic nitrogens is 2. The van der Waals surface area contributed by atoms with E-state index >= 15 is 0 Å². The fourth-order valence-corrected chi connectivity index (χ4v) is 1.47. The van der Waals surface area contributed by atoms with Crippen LogP contribution in [-0.2, 0) is 4.74 Å². The van der Waals surface area contributed by atoms with Gasteiger partial charge in [-0.3, -0.25) is 10.4 Å². The number of amides is 1. The normalized spacial score (nSPS) is 9.94. The fraction of sp³-hybridized carbons (Fsp3) is 0.167. The Balaban J connectivity index is 2.15. The molecule has 88 valence electrons. The SMILES string of the molecule is CCOC(=O)Nc1cccc(-c2ccn[nH]2)c1. The number of anilines is 1. The predicted octanol–water partition coefficient (Wildman–Crippen LogP) is 2.65. The summed E-state index contributed by atoms with van der Waals surface area (Å²) in [6, 6.07) is 9.31. The number of nitrogens with one attached hydrogen (secondary N) is 2. The summed E-state index contributed by atoms with van der Waals surface area (Å²) in [7, 11) is 0. The zero-order chi connectivity index (χ0) is 12.1. The molecule has 0 saturated carbocycles. The van der Waals surface area contributed by atoms with Gasteiger partial charge in [-0.05, 0) is 25.1 Å². The lowest BCUT2D eigenvalue weighted by Crippen LogP contribution is -2.13. The summed E-state index contributed by atoms with van der Waals surface area (Å²) in [6.45, 7) is 2.12. The molecule has 0 aliphatic carbocycles. The van der Waals surface area contributed by atoms with Crippen molar-refractivity contribution in [1.82, 2.24) is 10.2 Å². The first-order valence-corrected chi connectivity index (χ1v) is 5.33. The number of H-pyrrole nitrogens is 1. The van der Waals surface area contributed by atoms with Crippen LogP contribution in [0, 0.1) is 0 Å². The van der Waals surface area contributed by atoms with E-state index in [-0.39, 0.29) is 0 Å². The Hall–Kier alpha value is -2.30. The largest absolute Gasteiger partial charge is 0.450 e. The first-order valence-electron chi connectivity index (χ1n) is 5.33. The van der Waals surface area contributed by atoms with E-state index in [1.165, 1.54) is 0 Å². The van der Waals surface area contributed by atoms with Crippen LogP contribution in [0.5, 0.6) is 0 Å².